The first-order valence-corrected chi connectivity index (χ1v) is 14.4. The van der Waals surface area contributed by atoms with Crippen LogP contribution in [0.5, 0.6) is 0 Å². The average molecular weight is 552 g/mol. The normalized spacial score (nSPS) is 18.0. The topological polar surface area (TPSA) is 98.7 Å². The van der Waals surface area contributed by atoms with Crippen LogP contribution < -0.4 is 10.6 Å². The molecule has 7 nitrogen and oxygen atoms in total. The number of hydrogen-bond acceptors (Lipinski definition) is 6. The first kappa shape index (κ1) is 27.9. The Hall–Kier alpha value is -3.14. The number of nitrogens with zero attached hydrogens (tertiary/aromatic N) is 1. The minimum Gasteiger partial charge on any atom is -0.381 e. The molecule has 200 valence electrons. The fraction of sp³-hybridized carbons (Fsp3) is 0.345. The molecular formula is C29H33N3O4S2. The van der Waals surface area contributed by atoms with Gasteiger partial charge < -0.3 is 20.6 Å². The summed E-state index contributed by atoms with van der Waals surface area (Å²) in [5.74, 6) is -0.941. The van der Waals surface area contributed by atoms with Crippen molar-refractivity contribution in [1.29, 1.82) is 0 Å². The van der Waals surface area contributed by atoms with Gasteiger partial charge in [0.25, 0.3) is 11.8 Å². The molecule has 1 aliphatic rings. The second-order valence-electron chi connectivity index (χ2n) is 9.91. The number of nitrogens with one attached hydrogen (secondary N) is 2. The molecule has 0 bridgehead atoms. The number of carbonyl (C=O) groups is 3. The van der Waals surface area contributed by atoms with Gasteiger partial charge in [-0.15, -0.1) is 23.1 Å². The number of aliphatic hydroxyl groups excluding tert-OH is 1. The molecule has 0 radical (unpaired) electrons. The van der Waals surface area contributed by atoms with Crippen LogP contribution in [-0.2, 0) is 22.6 Å². The van der Waals surface area contributed by atoms with E-state index in [2.05, 4.69) is 10.6 Å². The first-order valence-electron chi connectivity index (χ1n) is 12.5. The van der Waals surface area contributed by atoms with E-state index in [9.17, 15) is 19.5 Å². The van der Waals surface area contributed by atoms with Gasteiger partial charge in [0.1, 0.15) is 6.04 Å². The molecule has 3 N–H and O–H groups in total. The molecule has 1 saturated heterocycles. The lowest BCUT2D eigenvalue weighted by Crippen LogP contribution is -2.58. The number of aryl methyl sites for hydroxylation is 1. The lowest BCUT2D eigenvalue weighted by atomic mass is 9.96. The summed E-state index contributed by atoms with van der Waals surface area (Å²) in [6.45, 7) is 6.06. The summed E-state index contributed by atoms with van der Waals surface area (Å²) in [7, 11) is 0. The third-order valence-electron chi connectivity index (χ3n) is 6.73. The van der Waals surface area contributed by atoms with Crippen molar-refractivity contribution in [1.82, 2.24) is 15.5 Å². The Morgan fingerprint density at radius 2 is 1.76 bits per heavy atom. The van der Waals surface area contributed by atoms with E-state index in [0.717, 1.165) is 16.0 Å². The Kier molecular flexibility index (Phi) is 8.91. The summed E-state index contributed by atoms with van der Waals surface area (Å²) >= 11 is 3.04. The number of hydrogen-bond donors (Lipinski definition) is 3. The van der Waals surface area contributed by atoms with Crippen LogP contribution in [0.2, 0.25) is 0 Å². The SMILES string of the molecule is Cc1ccccc1C(=O)N[C@@H](Cc1ccccc1)[C@H](O)C(=O)N1CSC(C)(C)[C@H]1C(=O)NCc1cccs1. The Labute approximate surface area is 231 Å². The van der Waals surface area contributed by atoms with Gasteiger partial charge in [0.2, 0.25) is 5.91 Å². The monoisotopic (exact) mass is 551 g/mol. The molecule has 1 fully saturated rings. The molecule has 3 atom stereocenters. The molecule has 1 aromatic heterocycles. The number of benzene rings is 2. The minimum absolute atomic E-state index is 0.255. The van der Waals surface area contributed by atoms with E-state index >= 15 is 0 Å². The summed E-state index contributed by atoms with van der Waals surface area (Å²) in [5, 5.41) is 19.2. The number of thiophene rings is 1. The van der Waals surface area contributed by atoms with Crippen molar-refractivity contribution in [2.45, 2.75) is 56.7 Å². The van der Waals surface area contributed by atoms with Crippen LogP contribution in [0.4, 0.5) is 0 Å². The van der Waals surface area contributed by atoms with Crippen molar-refractivity contribution in [3.8, 4) is 0 Å². The van der Waals surface area contributed by atoms with E-state index < -0.39 is 28.8 Å². The summed E-state index contributed by atoms with van der Waals surface area (Å²) in [6, 6.07) is 18.8. The van der Waals surface area contributed by atoms with Gasteiger partial charge in [-0.1, -0.05) is 54.6 Å². The molecule has 38 heavy (non-hydrogen) atoms. The number of aliphatic hydroxyl groups is 1. The zero-order valence-electron chi connectivity index (χ0n) is 21.7. The predicted molar refractivity (Wildman–Crippen MR) is 152 cm³/mol. The standard InChI is InChI=1S/C29H33N3O4S2/c1-19-10-7-8-14-22(19)26(34)31-23(16-20-11-5-4-6-12-20)24(33)28(36)32-18-38-29(2,3)25(32)27(35)30-17-21-13-9-15-37-21/h4-15,23-25,33H,16-18H2,1-3H3,(H,30,35)(H,31,34)/t23-,24-,25+/m0/s1. The maximum atomic E-state index is 13.7. The minimum atomic E-state index is -1.54. The van der Waals surface area contributed by atoms with Crippen LogP contribution in [-0.4, -0.2) is 56.5 Å². The number of carbonyl (C=O) groups excluding carboxylic acids is 3. The van der Waals surface area contributed by atoms with Crippen molar-refractivity contribution < 1.29 is 19.5 Å². The highest BCUT2D eigenvalue weighted by atomic mass is 32.2. The van der Waals surface area contributed by atoms with Crippen molar-refractivity contribution in [2.75, 3.05) is 5.88 Å². The fourth-order valence-corrected chi connectivity index (χ4v) is 6.41. The Bertz CT molecular complexity index is 1260. The van der Waals surface area contributed by atoms with Crippen molar-refractivity contribution >= 4 is 40.8 Å². The first-order chi connectivity index (χ1) is 18.2. The second-order valence-corrected chi connectivity index (χ2v) is 12.5. The van der Waals surface area contributed by atoms with Crippen LogP contribution in [0, 0.1) is 6.92 Å². The molecular weight excluding hydrogens is 518 g/mol. The van der Waals surface area contributed by atoms with Crippen LogP contribution in [0.25, 0.3) is 0 Å². The van der Waals surface area contributed by atoms with Gasteiger partial charge in [-0.25, -0.2) is 0 Å². The second kappa shape index (κ2) is 12.1. The summed E-state index contributed by atoms with van der Waals surface area (Å²) < 4.78 is -0.547. The van der Waals surface area contributed by atoms with Gasteiger partial charge in [0.15, 0.2) is 6.10 Å². The Morgan fingerprint density at radius 1 is 1.05 bits per heavy atom. The van der Waals surface area contributed by atoms with Crippen LogP contribution in [0.1, 0.15) is 40.2 Å². The molecule has 0 unspecified atom stereocenters. The van der Waals surface area contributed by atoms with Crippen LogP contribution >= 0.6 is 23.1 Å². The van der Waals surface area contributed by atoms with Gasteiger partial charge in [-0.3, -0.25) is 14.4 Å². The van der Waals surface area contributed by atoms with Gasteiger partial charge in [-0.2, -0.15) is 0 Å². The highest BCUT2D eigenvalue weighted by molar-refractivity contribution is 8.00. The molecule has 0 aliphatic carbocycles. The predicted octanol–water partition coefficient (Wildman–Crippen LogP) is 3.76. The van der Waals surface area contributed by atoms with Gasteiger partial charge in [0, 0.05) is 15.2 Å². The molecule has 0 spiro atoms. The van der Waals surface area contributed by atoms with Gasteiger partial charge in [-0.05, 0) is 55.8 Å². The zero-order valence-corrected chi connectivity index (χ0v) is 23.4. The van der Waals surface area contributed by atoms with E-state index in [1.807, 2.05) is 80.7 Å². The maximum Gasteiger partial charge on any atom is 0.254 e. The summed E-state index contributed by atoms with van der Waals surface area (Å²) in [5.41, 5.74) is 2.15. The number of rotatable bonds is 9. The molecule has 3 aromatic rings. The van der Waals surface area contributed by atoms with E-state index in [1.54, 1.807) is 23.5 Å². The molecule has 0 saturated carbocycles. The molecule has 3 amide bonds. The summed E-state index contributed by atoms with van der Waals surface area (Å²) in [4.78, 5) is 42.7. The van der Waals surface area contributed by atoms with Crippen LogP contribution in [0.15, 0.2) is 72.1 Å². The highest BCUT2D eigenvalue weighted by Gasteiger charge is 2.49. The molecule has 4 rings (SSSR count). The molecule has 9 heteroatoms. The molecule has 2 aromatic carbocycles. The Balaban J connectivity index is 1.55. The van der Waals surface area contributed by atoms with Crippen LogP contribution in [0.3, 0.4) is 0 Å². The lowest BCUT2D eigenvalue weighted by molar-refractivity contribution is -0.147. The van der Waals surface area contributed by atoms with E-state index in [0.29, 0.717) is 12.1 Å². The number of thioether (sulfide) groups is 1. The molecule has 1 aliphatic heterocycles. The quantitative estimate of drug-likeness (QED) is 0.376. The maximum absolute atomic E-state index is 13.7. The highest BCUT2D eigenvalue weighted by Crippen LogP contribution is 2.40. The molecule has 2 heterocycles. The van der Waals surface area contributed by atoms with E-state index in [1.165, 1.54) is 16.7 Å². The van der Waals surface area contributed by atoms with E-state index in [-0.39, 0.29) is 24.1 Å². The fourth-order valence-electron chi connectivity index (χ4n) is 4.62. The van der Waals surface area contributed by atoms with Gasteiger partial charge in [0.05, 0.1) is 18.5 Å². The van der Waals surface area contributed by atoms with E-state index in [4.69, 9.17) is 0 Å². The zero-order chi connectivity index (χ0) is 27.3. The smallest absolute Gasteiger partial charge is 0.254 e. The van der Waals surface area contributed by atoms with Crippen molar-refractivity contribution in [3.63, 3.8) is 0 Å². The third-order valence-corrected chi connectivity index (χ3v) is 8.98. The summed E-state index contributed by atoms with van der Waals surface area (Å²) in [6.07, 6.45) is -1.28. The average Bonchev–Trinajstić information content (AvgIpc) is 3.54. The largest absolute Gasteiger partial charge is 0.381 e. The van der Waals surface area contributed by atoms with Crippen molar-refractivity contribution in [3.05, 3.63) is 93.7 Å². The third kappa shape index (κ3) is 6.46. The number of amides is 3. The van der Waals surface area contributed by atoms with Gasteiger partial charge >= 0.3 is 0 Å². The lowest BCUT2D eigenvalue weighted by Gasteiger charge is -2.33. The Morgan fingerprint density at radius 3 is 2.45 bits per heavy atom. The van der Waals surface area contributed by atoms with Crippen molar-refractivity contribution in [2.24, 2.45) is 0 Å².